The Morgan fingerprint density at radius 2 is 2.00 bits per heavy atom. The van der Waals surface area contributed by atoms with Gasteiger partial charge in [-0.15, -0.1) is 35.3 Å². The molecule has 1 aromatic carbocycles. The molecule has 0 aliphatic carbocycles. The Hall–Kier alpha value is -1.59. The molecule has 0 atom stereocenters. The number of nitrogens with one attached hydrogen (secondary N) is 2. The minimum atomic E-state index is -0.0343. The molecule has 4 rings (SSSR count). The minimum Gasteiger partial charge on any atom is -0.454 e. The fourth-order valence-corrected chi connectivity index (χ4v) is 4.58. The third-order valence-electron chi connectivity index (χ3n) is 5.61. The van der Waals surface area contributed by atoms with Gasteiger partial charge in [-0.25, -0.2) is 4.98 Å². The van der Waals surface area contributed by atoms with Crippen LogP contribution in [0.15, 0.2) is 29.4 Å². The number of aliphatic imine (C=N–C) groups is 1. The maximum Gasteiger partial charge on any atom is 0.231 e. The number of thiazole rings is 1. The number of hydrogen-bond acceptors (Lipinski definition) is 6. The fraction of sp³-hybridized carbons (Fsp3) is 0.524. The Kier molecular flexibility index (Phi) is 8.18. The SMILES string of the molecule is CCc1cnc(CNC(=NC)NCC2(c3ccc4c(c3)OCO4)CCOCC2)s1.I. The molecule has 164 valence electrons. The van der Waals surface area contributed by atoms with Crippen LogP contribution in [-0.4, -0.2) is 44.5 Å². The van der Waals surface area contributed by atoms with Crippen molar-refractivity contribution in [3.05, 3.63) is 39.8 Å². The number of fused-ring (bicyclic) bond motifs is 1. The average Bonchev–Trinajstić information content (AvgIpc) is 3.43. The topological polar surface area (TPSA) is 77.0 Å². The number of rotatable bonds is 6. The molecule has 0 saturated carbocycles. The van der Waals surface area contributed by atoms with E-state index in [1.54, 1.807) is 18.4 Å². The normalized spacial score (nSPS) is 17.3. The Labute approximate surface area is 198 Å². The largest absolute Gasteiger partial charge is 0.454 e. The maximum absolute atomic E-state index is 5.65. The summed E-state index contributed by atoms with van der Waals surface area (Å²) >= 11 is 1.74. The zero-order chi connectivity index (χ0) is 20.1. The highest BCUT2D eigenvalue weighted by Gasteiger charge is 2.35. The lowest BCUT2D eigenvalue weighted by atomic mass is 9.74. The summed E-state index contributed by atoms with van der Waals surface area (Å²) in [5.74, 6) is 2.42. The molecule has 1 saturated heterocycles. The van der Waals surface area contributed by atoms with Crippen molar-refractivity contribution in [1.29, 1.82) is 0 Å². The number of aryl methyl sites for hydroxylation is 1. The summed E-state index contributed by atoms with van der Waals surface area (Å²) in [5, 5.41) is 7.98. The van der Waals surface area contributed by atoms with Gasteiger partial charge in [-0.05, 0) is 37.0 Å². The van der Waals surface area contributed by atoms with Crippen LogP contribution in [0.1, 0.15) is 35.2 Å². The van der Waals surface area contributed by atoms with Crippen LogP contribution < -0.4 is 20.1 Å². The summed E-state index contributed by atoms with van der Waals surface area (Å²) < 4.78 is 16.7. The highest BCUT2D eigenvalue weighted by molar-refractivity contribution is 14.0. The minimum absolute atomic E-state index is 0. The van der Waals surface area contributed by atoms with Crippen molar-refractivity contribution < 1.29 is 14.2 Å². The molecule has 30 heavy (non-hydrogen) atoms. The van der Waals surface area contributed by atoms with E-state index in [-0.39, 0.29) is 29.4 Å². The van der Waals surface area contributed by atoms with E-state index in [0.717, 1.165) is 61.5 Å². The van der Waals surface area contributed by atoms with Crippen LogP contribution in [0.3, 0.4) is 0 Å². The number of ether oxygens (including phenoxy) is 3. The first-order valence-electron chi connectivity index (χ1n) is 10.1. The quantitative estimate of drug-likeness (QED) is 0.330. The van der Waals surface area contributed by atoms with Gasteiger partial charge in [-0.3, -0.25) is 4.99 Å². The number of halogens is 1. The number of guanidine groups is 1. The Balaban J connectivity index is 0.00000256. The van der Waals surface area contributed by atoms with Gasteiger partial charge in [0.05, 0.1) is 6.54 Å². The summed E-state index contributed by atoms with van der Waals surface area (Å²) in [6, 6.07) is 6.28. The van der Waals surface area contributed by atoms with Crippen LogP contribution >= 0.6 is 35.3 Å². The van der Waals surface area contributed by atoms with E-state index in [0.29, 0.717) is 13.3 Å². The van der Waals surface area contributed by atoms with Crippen molar-refractivity contribution in [2.45, 2.75) is 38.1 Å². The van der Waals surface area contributed by atoms with E-state index in [1.165, 1.54) is 10.4 Å². The second kappa shape index (κ2) is 10.6. The van der Waals surface area contributed by atoms with Gasteiger partial charge in [0.15, 0.2) is 17.5 Å². The van der Waals surface area contributed by atoms with Crippen molar-refractivity contribution >= 4 is 41.3 Å². The molecule has 2 aliphatic heterocycles. The van der Waals surface area contributed by atoms with Crippen LogP contribution in [-0.2, 0) is 23.1 Å². The molecule has 1 fully saturated rings. The van der Waals surface area contributed by atoms with Gasteiger partial charge in [0.2, 0.25) is 6.79 Å². The summed E-state index contributed by atoms with van der Waals surface area (Å²) in [5.41, 5.74) is 1.22. The van der Waals surface area contributed by atoms with Gasteiger partial charge in [0, 0.05) is 43.3 Å². The van der Waals surface area contributed by atoms with Crippen LogP contribution in [0.4, 0.5) is 0 Å². The Bertz CT molecular complexity index is 868. The maximum atomic E-state index is 5.65. The monoisotopic (exact) mass is 544 g/mol. The lowest BCUT2D eigenvalue weighted by Crippen LogP contribution is -2.47. The first-order valence-corrected chi connectivity index (χ1v) is 10.9. The van der Waals surface area contributed by atoms with E-state index in [1.807, 2.05) is 12.3 Å². The molecule has 0 radical (unpaired) electrons. The molecule has 0 spiro atoms. The van der Waals surface area contributed by atoms with Crippen molar-refractivity contribution in [2.75, 3.05) is 33.6 Å². The molecule has 0 bridgehead atoms. The lowest BCUT2D eigenvalue weighted by molar-refractivity contribution is 0.0513. The first-order chi connectivity index (χ1) is 14.2. The smallest absolute Gasteiger partial charge is 0.231 e. The molecule has 2 aliphatic rings. The first kappa shape index (κ1) is 23.1. The fourth-order valence-electron chi connectivity index (χ4n) is 3.78. The predicted molar refractivity (Wildman–Crippen MR) is 129 cm³/mol. The molecule has 0 amide bonds. The van der Waals surface area contributed by atoms with E-state index in [2.05, 4.69) is 39.7 Å². The highest BCUT2D eigenvalue weighted by Crippen LogP contribution is 2.40. The van der Waals surface area contributed by atoms with Crippen molar-refractivity contribution in [2.24, 2.45) is 4.99 Å². The molecular weight excluding hydrogens is 515 g/mol. The van der Waals surface area contributed by atoms with E-state index >= 15 is 0 Å². The van der Waals surface area contributed by atoms with Crippen molar-refractivity contribution in [1.82, 2.24) is 15.6 Å². The highest BCUT2D eigenvalue weighted by atomic mass is 127. The number of hydrogen-bond donors (Lipinski definition) is 2. The molecular formula is C21H29IN4O3S. The van der Waals surface area contributed by atoms with E-state index in [9.17, 15) is 0 Å². The molecule has 7 nitrogen and oxygen atoms in total. The summed E-state index contributed by atoms with van der Waals surface area (Å²) in [4.78, 5) is 10.2. The molecule has 9 heteroatoms. The van der Waals surface area contributed by atoms with Gasteiger partial charge in [-0.1, -0.05) is 13.0 Å². The van der Waals surface area contributed by atoms with E-state index in [4.69, 9.17) is 14.2 Å². The molecule has 0 unspecified atom stereocenters. The third kappa shape index (κ3) is 5.17. The van der Waals surface area contributed by atoms with Crippen LogP contribution in [0.2, 0.25) is 0 Å². The van der Waals surface area contributed by atoms with Crippen LogP contribution in [0, 0.1) is 0 Å². The zero-order valence-electron chi connectivity index (χ0n) is 17.4. The van der Waals surface area contributed by atoms with Gasteiger partial charge < -0.3 is 24.8 Å². The zero-order valence-corrected chi connectivity index (χ0v) is 20.5. The van der Waals surface area contributed by atoms with Gasteiger partial charge >= 0.3 is 0 Å². The predicted octanol–water partition coefficient (Wildman–Crippen LogP) is 3.47. The van der Waals surface area contributed by atoms with E-state index < -0.39 is 0 Å². The Morgan fingerprint density at radius 1 is 1.20 bits per heavy atom. The van der Waals surface area contributed by atoms with Crippen LogP contribution in [0.5, 0.6) is 11.5 Å². The average molecular weight is 544 g/mol. The number of aromatic nitrogens is 1. The van der Waals surface area contributed by atoms with Gasteiger partial charge in [0.25, 0.3) is 0 Å². The number of benzene rings is 1. The Morgan fingerprint density at radius 3 is 2.73 bits per heavy atom. The molecule has 2 aromatic rings. The summed E-state index contributed by atoms with van der Waals surface area (Å²) in [6.07, 6.45) is 4.87. The molecule has 2 N–H and O–H groups in total. The molecule has 1 aromatic heterocycles. The van der Waals surface area contributed by atoms with Crippen molar-refractivity contribution in [3.8, 4) is 11.5 Å². The second-order valence-corrected chi connectivity index (χ2v) is 8.51. The lowest BCUT2D eigenvalue weighted by Gasteiger charge is -2.38. The summed E-state index contributed by atoms with van der Waals surface area (Å²) in [7, 11) is 1.80. The van der Waals surface area contributed by atoms with Gasteiger partial charge in [-0.2, -0.15) is 0 Å². The standard InChI is InChI=1S/C21H28N4O3S.HI/c1-3-16-11-23-19(29-16)12-24-20(22-2)25-13-21(6-8-26-9-7-21)15-4-5-17-18(10-15)28-14-27-17;/h4-5,10-11H,3,6-9,12-14H2,1-2H3,(H2,22,24,25);1H. The van der Waals surface area contributed by atoms with Crippen molar-refractivity contribution in [3.63, 3.8) is 0 Å². The van der Waals surface area contributed by atoms with Crippen LogP contribution in [0.25, 0.3) is 0 Å². The molecule has 3 heterocycles. The second-order valence-electron chi connectivity index (χ2n) is 7.31. The third-order valence-corrected chi connectivity index (χ3v) is 6.75. The summed E-state index contributed by atoms with van der Waals surface area (Å²) in [6.45, 7) is 5.38. The van der Waals surface area contributed by atoms with Gasteiger partial charge in [0.1, 0.15) is 5.01 Å². The number of nitrogens with zero attached hydrogens (tertiary/aromatic N) is 2.